The number of piperidine rings is 1. The molecule has 1 aliphatic heterocycles. The van der Waals surface area contributed by atoms with Crippen LogP contribution >= 0.6 is 11.6 Å². The molecule has 42 heavy (non-hydrogen) atoms. The fourth-order valence-corrected chi connectivity index (χ4v) is 7.32. The van der Waals surface area contributed by atoms with Crippen LogP contribution in [0.1, 0.15) is 69.4 Å². The van der Waals surface area contributed by atoms with E-state index in [4.69, 9.17) is 16.3 Å². The zero-order valence-corrected chi connectivity index (χ0v) is 26.2. The summed E-state index contributed by atoms with van der Waals surface area (Å²) in [6, 6.07) is 14.1. The van der Waals surface area contributed by atoms with Gasteiger partial charge in [0.2, 0.25) is 5.91 Å². The lowest BCUT2D eigenvalue weighted by atomic mass is 9.71. The lowest BCUT2D eigenvalue weighted by Crippen LogP contribution is -2.50. The van der Waals surface area contributed by atoms with Crippen molar-refractivity contribution in [2.45, 2.75) is 70.3 Å². The predicted octanol–water partition coefficient (Wildman–Crippen LogP) is 6.16. The van der Waals surface area contributed by atoms with Crippen LogP contribution in [0, 0.1) is 17.8 Å². The predicted molar refractivity (Wildman–Crippen MR) is 168 cm³/mol. The number of nitrogens with one attached hydrogen (secondary N) is 2. The van der Waals surface area contributed by atoms with Gasteiger partial charge < -0.3 is 25.4 Å². The molecule has 1 saturated heterocycles. The molecular weight excluding hydrogens is 550 g/mol. The second-order valence-corrected chi connectivity index (χ2v) is 12.5. The minimum atomic E-state index is -1.25. The largest absolute Gasteiger partial charge is 0.453 e. The van der Waals surface area contributed by atoms with E-state index in [9.17, 15) is 14.7 Å². The molecule has 2 aromatic rings. The van der Waals surface area contributed by atoms with Crippen LogP contribution in [0.2, 0.25) is 5.02 Å². The number of benzene rings is 2. The minimum Gasteiger partial charge on any atom is -0.453 e. The zero-order valence-electron chi connectivity index (χ0n) is 25.5. The molecule has 8 heteroatoms. The molecule has 7 nitrogen and oxygen atoms in total. The van der Waals surface area contributed by atoms with E-state index in [0.29, 0.717) is 36.9 Å². The molecule has 1 saturated carbocycles. The molecule has 0 spiro atoms. The Morgan fingerprint density at radius 1 is 1.12 bits per heavy atom. The zero-order chi connectivity index (χ0) is 30.1. The number of likely N-dealkylation sites (tertiary alicyclic amines) is 1. The Bertz CT molecular complexity index is 1200. The number of hydrogen-bond donors (Lipinski definition) is 3. The van der Waals surface area contributed by atoms with Crippen molar-refractivity contribution in [3.8, 4) is 11.1 Å². The van der Waals surface area contributed by atoms with Crippen LogP contribution in [-0.2, 0) is 21.6 Å². The summed E-state index contributed by atoms with van der Waals surface area (Å²) in [7, 11) is 3.33. The monoisotopic (exact) mass is 597 g/mol. The van der Waals surface area contributed by atoms with Gasteiger partial charge in [0.1, 0.15) is 0 Å². The highest BCUT2D eigenvalue weighted by molar-refractivity contribution is 6.33. The van der Waals surface area contributed by atoms with Gasteiger partial charge in [-0.15, -0.1) is 0 Å². The van der Waals surface area contributed by atoms with Crippen LogP contribution in [0.4, 0.5) is 4.79 Å². The standard InChI is InChI=1S/C34H48ClN3O4/c1-4-24-9-5-10-27(21-24)31-29(12-6-13-30(31)35)34(41,18-8-19-37-33(40)42-3)28-11-7-20-38(23-28)32(39)26-16-14-25(15-17-26)22-36-2/h5-6,9-10,12-13,21,25-26,28,36,41H,4,7-8,11,14-20,22-23H2,1-3H3,(H,37,40)/t25?,26?,28-,34?/m1/s1. The van der Waals surface area contributed by atoms with E-state index in [0.717, 1.165) is 74.7 Å². The number of aryl methyl sites for hydroxylation is 1. The molecule has 0 radical (unpaired) electrons. The summed E-state index contributed by atoms with van der Waals surface area (Å²) < 4.78 is 4.74. The third-order valence-corrected chi connectivity index (χ3v) is 9.71. The van der Waals surface area contributed by atoms with Gasteiger partial charge in [-0.05, 0) is 100 Å². The lowest BCUT2D eigenvalue weighted by Gasteiger charge is -2.44. The van der Waals surface area contributed by atoms with Crippen molar-refractivity contribution in [1.29, 1.82) is 0 Å². The van der Waals surface area contributed by atoms with Gasteiger partial charge in [-0.1, -0.05) is 54.9 Å². The van der Waals surface area contributed by atoms with Crippen LogP contribution in [0.5, 0.6) is 0 Å². The number of hydrogen-bond acceptors (Lipinski definition) is 5. The van der Waals surface area contributed by atoms with Crippen molar-refractivity contribution in [2.24, 2.45) is 17.8 Å². The minimum absolute atomic E-state index is 0.0627. The summed E-state index contributed by atoms with van der Waals surface area (Å²) in [5.41, 5.74) is 2.55. The van der Waals surface area contributed by atoms with Gasteiger partial charge in [-0.2, -0.15) is 0 Å². The van der Waals surface area contributed by atoms with Gasteiger partial charge in [0.25, 0.3) is 0 Å². The SMILES string of the molecule is CCc1cccc(-c2c(Cl)cccc2C(O)(CCCNC(=O)OC)[C@@H]2CCCN(C(=O)C3CCC(CNC)CC3)C2)c1. The molecule has 1 aliphatic carbocycles. The Morgan fingerprint density at radius 2 is 1.88 bits per heavy atom. The summed E-state index contributed by atoms with van der Waals surface area (Å²) >= 11 is 6.89. The molecule has 2 aliphatic rings. The third-order valence-electron chi connectivity index (χ3n) is 9.39. The van der Waals surface area contributed by atoms with Gasteiger partial charge in [0.05, 0.1) is 12.7 Å². The van der Waals surface area contributed by atoms with E-state index in [1.165, 1.54) is 12.7 Å². The maximum atomic E-state index is 13.8. The van der Waals surface area contributed by atoms with Crippen molar-refractivity contribution in [2.75, 3.05) is 40.3 Å². The van der Waals surface area contributed by atoms with Gasteiger partial charge in [-0.25, -0.2) is 4.79 Å². The normalized spacial score (nSPS) is 22.3. The number of carbonyl (C=O) groups is 2. The first-order chi connectivity index (χ1) is 20.3. The van der Waals surface area contributed by atoms with E-state index in [-0.39, 0.29) is 17.7 Å². The van der Waals surface area contributed by atoms with Crippen LogP contribution in [-0.4, -0.2) is 62.3 Å². The highest BCUT2D eigenvalue weighted by Crippen LogP contribution is 2.46. The molecule has 1 unspecified atom stereocenters. The molecule has 2 atom stereocenters. The number of carbonyl (C=O) groups excluding carboxylic acids is 2. The Kier molecular flexibility index (Phi) is 11.7. The highest BCUT2D eigenvalue weighted by atomic mass is 35.5. The molecule has 1 heterocycles. The number of aliphatic hydroxyl groups is 1. The molecule has 4 rings (SSSR count). The summed E-state index contributed by atoms with van der Waals surface area (Å²) in [5, 5.41) is 19.4. The van der Waals surface area contributed by atoms with Crippen LogP contribution in [0.15, 0.2) is 42.5 Å². The second kappa shape index (κ2) is 15.2. The summed E-state index contributed by atoms with van der Waals surface area (Å²) in [4.78, 5) is 27.5. The maximum absolute atomic E-state index is 13.8. The maximum Gasteiger partial charge on any atom is 0.406 e. The Hall–Kier alpha value is -2.61. The quantitative estimate of drug-likeness (QED) is 0.270. The van der Waals surface area contributed by atoms with Crippen molar-refractivity contribution < 1.29 is 19.4 Å². The Labute approximate surface area is 256 Å². The van der Waals surface area contributed by atoms with E-state index in [2.05, 4.69) is 29.7 Å². The summed E-state index contributed by atoms with van der Waals surface area (Å²) in [6.07, 6.45) is 7.04. The highest BCUT2D eigenvalue weighted by Gasteiger charge is 2.43. The number of alkyl carbamates (subject to hydrolysis) is 1. The molecule has 0 aromatic heterocycles. The first-order valence-corrected chi connectivity index (χ1v) is 16.0. The summed E-state index contributed by atoms with van der Waals surface area (Å²) in [6.45, 7) is 4.75. The Morgan fingerprint density at radius 3 is 2.60 bits per heavy atom. The van der Waals surface area contributed by atoms with Crippen LogP contribution < -0.4 is 10.6 Å². The van der Waals surface area contributed by atoms with Gasteiger partial charge >= 0.3 is 6.09 Å². The topological polar surface area (TPSA) is 90.9 Å². The number of nitrogens with zero attached hydrogens (tertiary/aromatic N) is 1. The number of ether oxygens (including phenoxy) is 1. The molecule has 2 fully saturated rings. The molecule has 3 N–H and O–H groups in total. The fraction of sp³-hybridized carbons (Fsp3) is 0.588. The molecule has 230 valence electrons. The van der Waals surface area contributed by atoms with Crippen molar-refractivity contribution >= 4 is 23.6 Å². The Balaban J connectivity index is 1.63. The van der Waals surface area contributed by atoms with Gasteiger partial charge in [0, 0.05) is 42.1 Å². The van der Waals surface area contributed by atoms with Crippen molar-refractivity contribution in [3.63, 3.8) is 0 Å². The number of amides is 2. The average molecular weight is 598 g/mol. The van der Waals surface area contributed by atoms with Crippen LogP contribution in [0.3, 0.4) is 0 Å². The van der Waals surface area contributed by atoms with Crippen LogP contribution in [0.25, 0.3) is 11.1 Å². The van der Waals surface area contributed by atoms with Gasteiger partial charge in [-0.3, -0.25) is 4.79 Å². The molecule has 0 bridgehead atoms. The molecule has 2 aromatic carbocycles. The third kappa shape index (κ3) is 7.66. The van der Waals surface area contributed by atoms with E-state index in [1.807, 2.05) is 42.3 Å². The van der Waals surface area contributed by atoms with E-state index < -0.39 is 11.7 Å². The lowest BCUT2D eigenvalue weighted by molar-refractivity contribution is -0.142. The molecule has 2 amide bonds. The van der Waals surface area contributed by atoms with Crippen molar-refractivity contribution in [3.05, 3.63) is 58.6 Å². The van der Waals surface area contributed by atoms with E-state index >= 15 is 0 Å². The second-order valence-electron chi connectivity index (χ2n) is 12.1. The summed E-state index contributed by atoms with van der Waals surface area (Å²) in [5.74, 6) is 0.775. The number of methoxy groups -OCH3 is 1. The fourth-order valence-electron chi connectivity index (χ4n) is 7.03. The van der Waals surface area contributed by atoms with Crippen molar-refractivity contribution in [1.82, 2.24) is 15.5 Å². The number of rotatable bonds is 11. The first kappa shape index (κ1) is 32.3. The molecular formula is C34H48ClN3O4. The van der Waals surface area contributed by atoms with Gasteiger partial charge in [0.15, 0.2) is 0 Å². The number of halogens is 1. The average Bonchev–Trinajstić information content (AvgIpc) is 3.03. The van der Waals surface area contributed by atoms with E-state index in [1.54, 1.807) is 0 Å². The first-order valence-electron chi connectivity index (χ1n) is 15.7. The smallest absolute Gasteiger partial charge is 0.406 e.